The zero-order valence-electron chi connectivity index (χ0n) is 15.0. The van der Waals surface area contributed by atoms with Crippen LogP contribution < -0.4 is 9.47 Å². The van der Waals surface area contributed by atoms with Crippen molar-refractivity contribution in [2.24, 2.45) is 0 Å². The Labute approximate surface area is 163 Å². The van der Waals surface area contributed by atoms with E-state index < -0.39 is 11.7 Å². The van der Waals surface area contributed by atoms with Crippen molar-refractivity contribution in [1.82, 2.24) is 4.98 Å². The highest BCUT2D eigenvalue weighted by Gasteiger charge is 2.30. The largest absolute Gasteiger partial charge is 0.493 e. The van der Waals surface area contributed by atoms with Gasteiger partial charge in [-0.15, -0.1) is 11.3 Å². The van der Waals surface area contributed by atoms with E-state index >= 15 is 0 Å². The maximum absolute atomic E-state index is 12.7. The first kappa shape index (κ1) is 19.9. The van der Waals surface area contributed by atoms with Crippen LogP contribution in [0.5, 0.6) is 11.5 Å². The summed E-state index contributed by atoms with van der Waals surface area (Å²) in [5.41, 5.74) is 1.06. The molecule has 0 aliphatic carbocycles. The number of carbonyl (C=O) groups excluding carboxylic acids is 1. The summed E-state index contributed by atoms with van der Waals surface area (Å²) >= 11 is 1.32. The lowest BCUT2D eigenvalue weighted by atomic mass is 10.1. The fraction of sp³-hybridized carbons (Fsp3) is 0.200. The molecule has 0 aliphatic heterocycles. The van der Waals surface area contributed by atoms with Gasteiger partial charge in [0.2, 0.25) is 0 Å². The quantitative estimate of drug-likeness (QED) is 0.498. The number of methoxy groups -OCH3 is 1. The number of thiazole rings is 1. The molecule has 0 radical (unpaired) electrons. The third-order valence-corrected chi connectivity index (χ3v) is 4.90. The maximum Gasteiger partial charge on any atom is 0.416 e. The second-order valence-electron chi connectivity index (χ2n) is 5.93. The number of rotatable bonds is 6. The summed E-state index contributed by atoms with van der Waals surface area (Å²) < 4.78 is 49.0. The van der Waals surface area contributed by atoms with Crippen molar-refractivity contribution in [1.29, 1.82) is 0 Å². The fourth-order valence-electron chi connectivity index (χ4n) is 2.47. The van der Waals surface area contributed by atoms with Crippen LogP contribution in [-0.4, -0.2) is 17.9 Å². The van der Waals surface area contributed by atoms with Gasteiger partial charge in [-0.1, -0.05) is 12.1 Å². The molecule has 0 amide bonds. The first-order chi connectivity index (χ1) is 13.3. The number of ketones is 1. The third kappa shape index (κ3) is 4.51. The lowest BCUT2D eigenvalue weighted by Crippen LogP contribution is -2.04. The molecule has 1 aromatic heterocycles. The van der Waals surface area contributed by atoms with Crippen LogP contribution in [0.1, 0.15) is 28.5 Å². The first-order valence-corrected chi connectivity index (χ1v) is 9.09. The third-order valence-electron chi connectivity index (χ3n) is 3.96. The summed E-state index contributed by atoms with van der Waals surface area (Å²) in [6.45, 7) is 1.63. The van der Waals surface area contributed by atoms with Gasteiger partial charge in [0.25, 0.3) is 0 Å². The lowest BCUT2D eigenvalue weighted by Gasteiger charge is -2.10. The predicted molar refractivity (Wildman–Crippen MR) is 99.9 cm³/mol. The Morgan fingerprint density at radius 3 is 2.43 bits per heavy atom. The normalized spacial score (nSPS) is 11.3. The van der Waals surface area contributed by atoms with Gasteiger partial charge in [0, 0.05) is 16.5 Å². The molecule has 0 bridgehead atoms. The molecule has 2 aromatic carbocycles. The summed E-state index contributed by atoms with van der Waals surface area (Å²) in [7, 11) is 1.48. The molecule has 3 aromatic rings. The minimum absolute atomic E-state index is 0.0782. The molecule has 0 spiro atoms. The van der Waals surface area contributed by atoms with E-state index in [0.717, 1.165) is 12.1 Å². The Morgan fingerprint density at radius 2 is 1.82 bits per heavy atom. The van der Waals surface area contributed by atoms with E-state index in [4.69, 9.17) is 9.47 Å². The van der Waals surface area contributed by atoms with Gasteiger partial charge in [-0.25, -0.2) is 4.98 Å². The van der Waals surface area contributed by atoms with Crippen LogP contribution in [0.25, 0.3) is 10.6 Å². The first-order valence-electron chi connectivity index (χ1n) is 8.21. The highest BCUT2D eigenvalue weighted by molar-refractivity contribution is 7.13. The monoisotopic (exact) mass is 407 g/mol. The molecule has 0 saturated heterocycles. The number of benzene rings is 2. The lowest BCUT2D eigenvalue weighted by molar-refractivity contribution is -0.137. The number of carbonyl (C=O) groups is 1. The van der Waals surface area contributed by atoms with Gasteiger partial charge in [-0.05, 0) is 37.3 Å². The van der Waals surface area contributed by atoms with Crippen molar-refractivity contribution in [3.63, 3.8) is 0 Å². The van der Waals surface area contributed by atoms with E-state index in [1.165, 1.54) is 37.5 Å². The van der Waals surface area contributed by atoms with Crippen LogP contribution in [0.15, 0.2) is 47.8 Å². The van der Waals surface area contributed by atoms with Crippen LogP contribution in [-0.2, 0) is 12.8 Å². The minimum atomic E-state index is -4.36. The molecule has 4 nitrogen and oxygen atoms in total. The zero-order valence-corrected chi connectivity index (χ0v) is 15.9. The molecular weight excluding hydrogens is 391 g/mol. The summed E-state index contributed by atoms with van der Waals surface area (Å²) in [5.74, 6) is 0.827. The second kappa shape index (κ2) is 8.02. The average Bonchev–Trinajstić information content (AvgIpc) is 3.14. The second-order valence-corrected chi connectivity index (χ2v) is 6.79. The van der Waals surface area contributed by atoms with Gasteiger partial charge in [0.1, 0.15) is 11.6 Å². The Bertz CT molecular complexity index is 981. The number of hydrogen-bond donors (Lipinski definition) is 0. The molecule has 146 valence electrons. The number of halogens is 3. The van der Waals surface area contributed by atoms with Crippen LogP contribution in [0, 0.1) is 0 Å². The van der Waals surface area contributed by atoms with Gasteiger partial charge in [-0.3, -0.25) is 4.79 Å². The Balaban J connectivity index is 1.71. The van der Waals surface area contributed by atoms with E-state index in [9.17, 15) is 18.0 Å². The summed E-state index contributed by atoms with van der Waals surface area (Å²) in [5, 5.41) is 2.38. The van der Waals surface area contributed by atoms with Gasteiger partial charge in [0.15, 0.2) is 17.3 Å². The number of alkyl halides is 3. The number of nitrogens with zero attached hydrogens (tertiary/aromatic N) is 1. The summed E-state index contributed by atoms with van der Waals surface area (Å²) in [4.78, 5) is 15.9. The highest BCUT2D eigenvalue weighted by Crippen LogP contribution is 2.32. The Kier molecular flexibility index (Phi) is 5.69. The molecule has 0 aliphatic rings. The summed E-state index contributed by atoms with van der Waals surface area (Å²) in [6.07, 6.45) is -4.36. The number of hydrogen-bond acceptors (Lipinski definition) is 5. The predicted octanol–water partition coefficient (Wildman–Crippen LogP) is 5.62. The Morgan fingerprint density at radius 1 is 1.11 bits per heavy atom. The topological polar surface area (TPSA) is 48.4 Å². The molecule has 1 heterocycles. The van der Waals surface area contributed by atoms with Crippen molar-refractivity contribution in [2.75, 3.05) is 7.11 Å². The smallest absolute Gasteiger partial charge is 0.416 e. The number of aromatic nitrogens is 1. The van der Waals surface area contributed by atoms with Gasteiger partial charge in [0.05, 0.1) is 18.4 Å². The van der Waals surface area contributed by atoms with Crippen molar-refractivity contribution in [2.45, 2.75) is 19.7 Å². The van der Waals surface area contributed by atoms with Crippen molar-refractivity contribution < 1.29 is 27.4 Å². The van der Waals surface area contributed by atoms with E-state index in [0.29, 0.717) is 33.3 Å². The van der Waals surface area contributed by atoms with Crippen LogP contribution in [0.3, 0.4) is 0 Å². The highest BCUT2D eigenvalue weighted by atomic mass is 32.1. The molecule has 0 unspecified atom stereocenters. The van der Waals surface area contributed by atoms with Crippen LogP contribution >= 0.6 is 11.3 Å². The molecule has 0 saturated carbocycles. The average molecular weight is 407 g/mol. The van der Waals surface area contributed by atoms with Gasteiger partial charge < -0.3 is 9.47 Å². The maximum atomic E-state index is 12.7. The number of ether oxygens (including phenoxy) is 2. The van der Waals surface area contributed by atoms with E-state index in [1.54, 1.807) is 23.6 Å². The fourth-order valence-corrected chi connectivity index (χ4v) is 3.28. The molecule has 0 fully saturated rings. The molecule has 3 rings (SSSR count). The van der Waals surface area contributed by atoms with Crippen molar-refractivity contribution >= 4 is 17.1 Å². The number of Topliss-reactive ketones (excluding diaryl/α,β-unsaturated/α-hetero) is 1. The molecule has 0 N–H and O–H groups in total. The van der Waals surface area contributed by atoms with Gasteiger partial charge >= 0.3 is 6.18 Å². The molecule has 8 heteroatoms. The molecular formula is C20H16F3NO3S. The zero-order chi connectivity index (χ0) is 20.3. The van der Waals surface area contributed by atoms with E-state index in [-0.39, 0.29) is 12.4 Å². The van der Waals surface area contributed by atoms with E-state index in [1.807, 2.05) is 0 Å². The van der Waals surface area contributed by atoms with E-state index in [2.05, 4.69) is 4.98 Å². The minimum Gasteiger partial charge on any atom is -0.493 e. The summed E-state index contributed by atoms with van der Waals surface area (Å²) in [6, 6.07) is 9.77. The standard InChI is InChI=1S/C20H16F3NO3S/c1-12(25)14-5-8-17(18(9-14)26-2)27-10-16-11-28-19(24-16)13-3-6-15(7-4-13)20(21,22)23/h3-9,11H,10H2,1-2H3. The van der Waals surface area contributed by atoms with Crippen molar-refractivity contribution in [3.8, 4) is 22.1 Å². The Hall–Kier alpha value is -2.87. The van der Waals surface area contributed by atoms with Crippen molar-refractivity contribution in [3.05, 3.63) is 64.7 Å². The van der Waals surface area contributed by atoms with Crippen LogP contribution in [0.2, 0.25) is 0 Å². The van der Waals surface area contributed by atoms with Gasteiger partial charge in [-0.2, -0.15) is 13.2 Å². The molecule has 0 atom stereocenters. The SMILES string of the molecule is COc1cc(C(C)=O)ccc1OCc1csc(-c2ccc(C(F)(F)F)cc2)n1. The van der Waals surface area contributed by atoms with Crippen LogP contribution in [0.4, 0.5) is 13.2 Å². The molecule has 28 heavy (non-hydrogen) atoms.